The largest absolute Gasteiger partial charge is 0.355 e. The van der Waals surface area contributed by atoms with Crippen molar-refractivity contribution in [1.29, 1.82) is 0 Å². The van der Waals surface area contributed by atoms with Crippen molar-refractivity contribution in [3.8, 4) is 0 Å². The number of carbonyl (C=O) groups excluding carboxylic acids is 2. The van der Waals surface area contributed by atoms with Crippen LogP contribution in [0.1, 0.15) is 6.42 Å². The Morgan fingerprint density at radius 1 is 1.53 bits per heavy atom. The van der Waals surface area contributed by atoms with Crippen molar-refractivity contribution in [2.24, 2.45) is 5.92 Å². The molecule has 1 fully saturated rings. The smallest absolute Gasteiger partial charge is 0.229 e. The molecular formula is C11H10BrFN2O2. The summed E-state index contributed by atoms with van der Waals surface area (Å²) < 4.78 is 13.3. The van der Waals surface area contributed by atoms with Gasteiger partial charge in [-0.25, -0.2) is 4.39 Å². The monoisotopic (exact) mass is 300 g/mol. The second kappa shape index (κ2) is 4.83. The van der Waals surface area contributed by atoms with Gasteiger partial charge in [-0.3, -0.25) is 9.59 Å². The van der Waals surface area contributed by atoms with Gasteiger partial charge in [0, 0.05) is 18.7 Å². The van der Waals surface area contributed by atoms with Crippen LogP contribution in [-0.2, 0) is 9.59 Å². The molecule has 6 heteroatoms. The Kier molecular flexibility index (Phi) is 3.42. The fourth-order valence-electron chi connectivity index (χ4n) is 1.61. The van der Waals surface area contributed by atoms with Crippen molar-refractivity contribution >= 4 is 33.4 Å². The second-order valence-electron chi connectivity index (χ2n) is 3.82. The van der Waals surface area contributed by atoms with E-state index >= 15 is 0 Å². The normalized spacial score (nSPS) is 18.9. The molecule has 1 saturated heterocycles. The Morgan fingerprint density at radius 2 is 2.29 bits per heavy atom. The molecule has 1 aliphatic heterocycles. The molecule has 1 aromatic carbocycles. The number of hydrogen-bond acceptors (Lipinski definition) is 2. The second-order valence-corrected chi connectivity index (χ2v) is 4.68. The number of halogens is 2. The molecule has 0 saturated carbocycles. The molecule has 1 aliphatic rings. The standard InChI is InChI=1S/C11H10BrFN2O2/c12-8-4-7(1-2-9(8)13)15-11(17)6-3-10(16)14-5-6/h1-2,4,6H,3,5H2,(H,14,16)(H,15,17). The minimum absolute atomic E-state index is 0.120. The average molecular weight is 301 g/mol. The lowest BCUT2D eigenvalue weighted by atomic mass is 10.1. The van der Waals surface area contributed by atoms with Gasteiger partial charge in [-0.05, 0) is 34.1 Å². The van der Waals surface area contributed by atoms with E-state index in [2.05, 4.69) is 26.6 Å². The van der Waals surface area contributed by atoms with Gasteiger partial charge in [0.15, 0.2) is 0 Å². The summed E-state index contributed by atoms with van der Waals surface area (Å²) in [4.78, 5) is 22.7. The quantitative estimate of drug-likeness (QED) is 0.873. The zero-order valence-corrected chi connectivity index (χ0v) is 10.4. The molecule has 4 nitrogen and oxygen atoms in total. The lowest BCUT2D eigenvalue weighted by Crippen LogP contribution is -2.24. The first-order valence-electron chi connectivity index (χ1n) is 5.09. The van der Waals surface area contributed by atoms with Gasteiger partial charge in [0.05, 0.1) is 10.4 Å². The highest BCUT2D eigenvalue weighted by atomic mass is 79.9. The molecule has 0 aliphatic carbocycles. The van der Waals surface area contributed by atoms with Crippen LogP contribution >= 0.6 is 15.9 Å². The molecule has 0 bridgehead atoms. The van der Waals surface area contributed by atoms with E-state index in [1.165, 1.54) is 18.2 Å². The SMILES string of the molecule is O=C1CC(C(=O)Nc2ccc(F)c(Br)c2)CN1. The van der Waals surface area contributed by atoms with Crippen LogP contribution in [0.5, 0.6) is 0 Å². The highest BCUT2D eigenvalue weighted by Crippen LogP contribution is 2.21. The van der Waals surface area contributed by atoms with E-state index in [0.717, 1.165) is 0 Å². The summed E-state index contributed by atoms with van der Waals surface area (Å²) in [5.41, 5.74) is 0.502. The van der Waals surface area contributed by atoms with Crippen LogP contribution < -0.4 is 10.6 Å². The fraction of sp³-hybridized carbons (Fsp3) is 0.273. The third-order valence-electron chi connectivity index (χ3n) is 2.54. The molecular weight excluding hydrogens is 291 g/mol. The molecule has 2 rings (SSSR count). The predicted octanol–water partition coefficient (Wildman–Crippen LogP) is 1.66. The van der Waals surface area contributed by atoms with Gasteiger partial charge in [0.2, 0.25) is 11.8 Å². The number of rotatable bonds is 2. The maximum absolute atomic E-state index is 13.0. The Hall–Kier alpha value is -1.43. The fourth-order valence-corrected chi connectivity index (χ4v) is 1.99. The molecule has 17 heavy (non-hydrogen) atoms. The molecule has 0 aromatic heterocycles. The maximum atomic E-state index is 13.0. The number of carbonyl (C=O) groups is 2. The topological polar surface area (TPSA) is 58.2 Å². The summed E-state index contributed by atoms with van der Waals surface area (Å²) in [5, 5.41) is 5.23. The number of amides is 2. The van der Waals surface area contributed by atoms with Crippen LogP contribution in [0.25, 0.3) is 0 Å². The minimum atomic E-state index is -0.388. The van der Waals surface area contributed by atoms with Gasteiger partial charge in [-0.2, -0.15) is 0 Å². The summed E-state index contributed by atoms with van der Waals surface area (Å²) in [6.07, 6.45) is 0.203. The first kappa shape index (κ1) is 12.0. The number of anilines is 1. The van der Waals surface area contributed by atoms with Crippen LogP contribution in [0.15, 0.2) is 22.7 Å². The number of benzene rings is 1. The van der Waals surface area contributed by atoms with E-state index in [9.17, 15) is 14.0 Å². The molecule has 0 spiro atoms. The summed E-state index contributed by atoms with van der Waals surface area (Å²) in [5.74, 6) is -1.10. The maximum Gasteiger partial charge on any atom is 0.229 e. The molecule has 1 unspecified atom stereocenters. The zero-order valence-electron chi connectivity index (χ0n) is 8.80. The summed E-state index contributed by atoms with van der Waals surface area (Å²) in [6.45, 7) is 0.354. The van der Waals surface area contributed by atoms with Crippen molar-refractivity contribution in [2.45, 2.75) is 6.42 Å². The molecule has 0 radical (unpaired) electrons. The third-order valence-corrected chi connectivity index (χ3v) is 3.14. The van der Waals surface area contributed by atoms with Gasteiger partial charge >= 0.3 is 0 Å². The molecule has 90 valence electrons. The van der Waals surface area contributed by atoms with E-state index in [1.54, 1.807) is 0 Å². The van der Waals surface area contributed by atoms with Crippen LogP contribution in [0, 0.1) is 11.7 Å². The van der Waals surface area contributed by atoms with Gasteiger partial charge < -0.3 is 10.6 Å². The molecule has 2 N–H and O–H groups in total. The van der Waals surface area contributed by atoms with E-state index in [-0.39, 0.29) is 34.4 Å². The summed E-state index contributed by atoms with van der Waals surface area (Å²) >= 11 is 3.04. The highest BCUT2D eigenvalue weighted by molar-refractivity contribution is 9.10. The summed E-state index contributed by atoms with van der Waals surface area (Å²) in [7, 11) is 0. The molecule has 1 atom stereocenters. The highest BCUT2D eigenvalue weighted by Gasteiger charge is 2.27. The zero-order chi connectivity index (χ0) is 12.4. The number of hydrogen-bond donors (Lipinski definition) is 2. The lowest BCUT2D eigenvalue weighted by Gasteiger charge is -2.09. The lowest BCUT2D eigenvalue weighted by molar-refractivity contribution is -0.123. The first-order valence-corrected chi connectivity index (χ1v) is 5.88. The van der Waals surface area contributed by atoms with Crippen molar-refractivity contribution in [1.82, 2.24) is 5.32 Å². The Morgan fingerprint density at radius 3 is 2.88 bits per heavy atom. The van der Waals surface area contributed by atoms with Gasteiger partial charge in [0.1, 0.15) is 5.82 Å². The van der Waals surface area contributed by atoms with E-state index in [4.69, 9.17) is 0 Å². The van der Waals surface area contributed by atoms with Crippen molar-refractivity contribution < 1.29 is 14.0 Å². The van der Waals surface area contributed by atoms with Crippen molar-refractivity contribution in [3.05, 3.63) is 28.5 Å². The first-order chi connectivity index (χ1) is 8.06. The van der Waals surface area contributed by atoms with Gasteiger partial charge in [-0.1, -0.05) is 0 Å². The van der Waals surface area contributed by atoms with E-state index in [0.29, 0.717) is 12.2 Å². The Labute approximate surface area is 106 Å². The van der Waals surface area contributed by atoms with Crippen molar-refractivity contribution in [3.63, 3.8) is 0 Å². The Balaban J connectivity index is 2.03. The summed E-state index contributed by atoms with van der Waals surface area (Å²) in [6, 6.07) is 4.22. The Bertz CT molecular complexity index is 479. The average Bonchev–Trinajstić information content (AvgIpc) is 2.70. The van der Waals surface area contributed by atoms with Crippen LogP contribution in [-0.4, -0.2) is 18.4 Å². The predicted molar refractivity (Wildman–Crippen MR) is 63.8 cm³/mol. The van der Waals surface area contributed by atoms with E-state index in [1.807, 2.05) is 0 Å². The van der Waals surface area contributed by atoms with Gasteiger partial charge in [-0.15, -0.1) is 0 Å². The van der Waals surface area contributed by atoms with Crippen LogP contribution in [0.4, 0.5) is 10.1 Å². The molecule has 2 amide bonds. The van der Waals surface area contributed by atoms with Crippen LogP contribution in [0.2, 0.25) is 0 Å². The number of nitrogens with one attached hydrogen (secondary N) is 2. The third kappa shape index (κ3) is 2.82. The minimum Gasteiger partial charge on any atom is -0.355 e. The molecule has 1 heterocycles. The van der Waals surface area contributed by atoms with E-state index < -0.39 is 0 Å². The van der Waals surface area contributed by atoms with Gasteiger partial charge in [0.25, 0.3) is 0 Å². The van der Waals surface area contributed by atoms with Crippen LogP contribution in [0.3, 0.4) is 0 Å². The van der Waals surface area contributed by atoms with Crippen molar-refractivity contribution in [2.75, 3.05) is 11.9 Å². The molecule has 1 aromatic rings.